The Bertz CT molecular complexity index is 677. The number of carbonyl (C=O) groups is 1. The molecule has 20 heavy (non-hydrogen) atoms. The first-order valence-electron chi connectivity index (χ1n) is 7.53. The maximum absolute atomic E-state index is 11.5. The van der Waals surface area contributed by atoms with Gasteiger partial charge in [-0.15, -0.1) is 0 Å². The highest BCUT2D eigenvalue weighted by molar-refractivity contribution is 5.67. The van der Waals surface area contributed by atoms with Gasteiger partial charge in [-0.05, 0) is 28.7 Å². The molecule has 0 aromatic heterocycles. The SMILES string of the molecule is [2H]C1C2c3ccccc3C(c3ccccc32)C1OC(C)=O. The van der Waals surface area contributed by atoms with Crippen molar-refractivity contribution in [1.29, 1.82) is 0 Å². The second kappa shape index (κ2) is 4.20. The van der Waals surface area contributed by atoms with E-state index in [0.717, 1.165) is 0 Å². The summed E-state index contributed by atoms with van der Waals surface area (Å²) in [5.74, 6) is -0.333. The quantitative estimate of drug-likeness (QED) is 0.736. The molecule has 3 aliphatic carbocycles. The normalized spacial score (nSPS) is 30.1. The van der Waals surface area contributed by atoms with E-state index in [1.807, 2.05) is 24.3 Å². The van der Waals surface area contributed by atoms with Crippen molar-refractivity contribution in [3.8, 4) is 0 Å². The number of fused-ring (bicyclic) bond motifs is 1. The number of ether oxygens (including phenoxy) is 1. The molecule has 0 spiro atoms. The van der Waals surface area contributed by atoms with Gasteiger partial charge in [-0.25, -0.2) is 0 Å². The van der Waals surface area contributed by atoms with Crippen LogP contribution in [0.5, 0.6) is 0 Å². The van der Waals surface area contributed by atoms with Gasteiger partial charge < -0.3 is 4.74 Å². The van der Waals surface area contributed by atoms with Gasteiger partial charge in [0.05, 0.1) is 0 Å². The molecule has 3 aliphatic rings. The smallest absolute Gasteiger partial charge is 0.302 e. The number of rotatable bonds is 1. The molecule has 0 radical (unpaired) electrons. The lowest BCUT2D eigenvalue weighted by Gasteiger charge is -2.44. The Balaban J connectivity index is 1.95. The third-order valence-corrected chi connectivity index (χ3v) is 4.34. The van der Waals surface area contributed by atoms with Crippen molar-refractivity contribution in [2.45, 2.75) is 31.3 Å². The Labute approximate surface area is 119 Å². The van der Waals surface area contributed by atoms with Crippen LogP contribution in [0.15, 0.2) is 48.5 Å². The number of esters is 1. The van der Waals surface area contributed by atoms with Gasteiger partial charge in [-0.3, -0.25) is 4.79 Å². The number of carbonyl (C=O) groups excluding carboxylic acids is 1. The van der Waals surface area contributed by atoms with E-state index >= 15 is 0 Å². The molecule has 2 heteroatoms. The standard InChI is InChI=1S/C18H16O2/c1-11(19)20-17-10-16-12-6-2-4-8-14(12)18(17)15-9-5-3-7-13(15)16/h2-9,16-18H,10H2,1H3/i10D. The summed E-state index contributed by atoms with van der Waals surface area (Å²) in [4.78, 5) is 11.5. The summed E-state index contributed by atoms with van der Waals surface area (Å²) in [6.07, 6.45) is -0.832. The van der Waals surface area contributed by atoms with Crippen molar-refractivity contribution >= 4 is 5.97 Å². The first-order chi connectivity index (χ1) is 10.2. The zero-order valence-electron chi connectivity index (χ0n) is 12.2. The average Bonchev–Trinajstić information content (AvgIpc) is 2.49. The topological polar surface area (TPSA) is 26.3 Å². The maximum Gasteiger partial charge on any atom is 0.302 e. The van der Waals surface area contributed by atoms with Gasteiger partial charge in [-0.1, -0.05) is 48.5 Å². The molecular formula is C18H16O2. The summed E-state index contributed by atoms with van der Waals surface area (Å²) in [7, 11) is 0. The molecule has 5 rings (SSSR count). The van der Waals surface area contributed by atoms with Crippen molar-refractivity contribution in [1.82, 2.24) is 0 Å². The highest BCUT2D eigenvalue weighted by atomic mass is 16.5. The van der Waals surface area contributed by atoms with Crippen molar-refractivity contribution < 1.29 is 10.9 Å². The predicted molar refractivity (Wildman–Crippen MR) is 76.7 cm³/mol. The lowest BCUT2D eigenvalue weighted by molar-refractivity contribution is -0.148. The van der Waals surface area contributed by atoms with Gasteiger partial charge in [0.1, 0.15) is 6.10 Å². The van der Waals surface area contributed by atoms with Crippen LogP contribution in [0.25, 0.3) is 0 Å². The molecule has 0 amide bonds. The first kappa shape index (κ1) is 10.7. The highest BCUT2D eigenvalue weighted by Crippen LogP contribution is 2.53. The van der Waals surface area contributed by atoms with E-state index in [4.69, 9.17) is 6.11 Å². The number of hydrogen-bond donors (Lipinski definition) is 0. The van der Waals surface area contributed by atoms with Gasteiger partial charge in [0.15, 0.2) is 0 Å². The molecule has 2 unspecified atom stereocenters. The van der Waals surface area contributed by atoms with Crippen molar-refractivity contribution in [3.63, 3.8) is 0 Å². The van der Waals surface area contributed by atoms with Gasteiger partial charge in [-0.2, -0.15) is 0 Å². The summed E-state index contributed by atoms with van der Waals surface area (Å²) in [6.45, 7) is 1.42. The minimum atomic E-state index is -0.441. The summed E-state index contributed by atoms with van der Waals surface area (Å²) in [5.41, 5.74) is 4.83. The predicted octanol–water partition coefficient (Wildman–Crippen LogP) is 3.60. The molecule has 2 atom stereocenters. The minimum absolute atomic E-state index is 0.00764. The minimum Gasteiger partial charge on any atom is -0.462 e. The second-order valence-corrected chi connectivity index (χ2v) is 5.48. The van der Waals surface area contributed by atoms with Crippen molar-refractivity contribution in [2.24, 2.45) is 0 Å². The zero-order chi connectivity index (χ0) is 14.6. The Morgan fingerprint density at radius 1 is 1.05 bits per heavy atom. The molecule has 0 fully saturated rings. The van der Waals surface area contributed by atoms with Crippen LogP contribution in [0.1, 0.15) is 48.8 Å². The van der Waals surface area contributed by atoms with Crippen LogP contribution in [0.4, 0.5) is 0 Å². The molecule has 100 valence electrons. The van der Waals surface area contributed by atoms with Crippen LogP contribution in [-0.4, -0.2) is 12.1 Å². The Kier molecular flexibility index (Phi) is 2.24. The fourth-order valence-corrected chi connectivity index (χ4v) is 3.65. The molecule has 2 bridgehead atoms. The molecule has 0 aliphatic heterocycles. The summed E-state index contributed by atoms with van der Waals surface area (Å²) in [6, 6.07) is 16.5. The molecule has 0 saturated heterocycles. The van der Waals surface area contributed by atoms with Crippen LogP contribution >= 0.6 is 0 Å². The molecule has 2 aromatic carbocycles. The fraction of sp³-hybridized carbons (Fsp3) is 0.278. The van der Waals surface area contributed by atoms with E-state index in [1.165, 1.54) is 29.2 Å². The summed E-state index contributed by atoms with van der Waals surface area (Å²) in [5, 5.41) is 0. The van der Waals surface area contributed by atoms with Gasteiger partial charge in [0.25, 0.3) is 0 Å². The Morgan fingerprint density at radius 2 is 1.55 bits per heavy atom. The zero-order valence-corrected chi connectivity index (χ0v) is 11.2. The monoisotopic (exact) mass is 265 g/mol. The summed E-state index contributed by atoms with van der Waals surface area (Å²) < 4.78 is 14.1. The van der Waals surface area contributed by atoms with E-state index in [1.54, 1.807) is 0 Å². The molecule has 0 N–H and O–H groups in total. The third kappa shape index (κ3) is 1.54. The van der Waals surface area contributed by atoms with Crippen LogP contribution in [0.3, 0.4) is 0 Å². The molecule has 0 saturated carbocycles. The molecule has 2 nitrogen and oxygen atoms in total. The van der Waals surface area contributed by atoms with E-state index in [9.17, 15) is 4.79 Å². The Morgan fingerprint density at radius 3 is 2.05 bits per heavy atom. The van der Waals surface area contributed by atoms with Crippen molar-refractivity contribution in [3.05, 3.63) is 70.8 Å². The van der Waals surface area contributed by atoms with Crippen LogP contribution in [0.2, 0.25) is 0 Å². The first-order valence-corrected chi connectivity index (χ1v) is 6.95. The number of benzene rings is 2. The Hall–Kier alpha value is -2.09. The number of hydrogen-bond acceptors (Lipinski definition) is 2. The molecule has 2 aromatic rings. The van der Waals surface area contributed by atoms with Crippen molar-refractivity contribution in [2.75, 3.05) is 0 Å². The van der Waals surface area contributed by atoms with E-state index in [2.05, 4.69) is 24.3 Å². The summed E-state index contributed by atoms with van der Waals surface area (Å²) >= 11 is 0. The lowest BCUT2D eigenvalue weighted by atomic mass is 9.62. The van der Waals surface area contributed by atoms with E-state index in [0.29, 0.717) is 0 Å². The lowest BCUT2D eigenvalue weighted by Crippen LogP contribution is -2.38. The molecular weight excluding hydrogens is 248 g/mol. The van der Waals surface area contributed by atoms with Gasteiger partial charge in [0, 0.05) is 20.1 Å². The van der Waals surface area contributed by atoms with Gasteiger partial charge >= 0.3 is 5.97 Å². The van der Waals surface area contributed by atoms with Gasteiger partial charge in [0.2, 0.25) is 0 Å². The molecule has 0 heterocycles. The van der Waals surface area contributed by atoms with Crippen LogP contribution < -0.4 is 0 Å². The van der Waals surface area contributed by atoms with Crippen LogP contribution in [-0.2, 0) is 9.53 Å². The maximum atomic E-state index is 11.5. The highest BCUT2D eigenvalue weighted by Gasteiger charge is 2.44. The third-order valence-electron chi connectivity index (χ3n) is 4.34. The second-order valence-electron chi connectivity index (χ2n) is 5.48. The van der Waals surface area contributed by atoms with E-state index < -0.39 is 12.5 Å². The van der Waals surface area contributed by atoms with Crippen LogP contribution in [0, 0.1) is 0 Å². The average molecular weight is 265 g/mol. The largest absolute Gasteiger partial charge is 0.462 e. The fourth-order valence-electron chi connectivity index (χ4n) is 3.65. The van der Waals surface area contributed by atoms with E-state index in [-0.39, 0.29) is 17.8 Å².